The Morgan fingerprint density at radius 1 is 1.00 bits per heavy atom. The zero-order valence-electron chi connectivity index (χ0n) is 17.5. The lowest BCUT2D eigenvalue weighted by molar-refractivity contribution is -0.119. The summed E-state index contributed by atoms with van der Waals surface area (Å²) >= 11 is 0. The highest BCUT2D eigenvalue weighted by molar-refractivity contribution is 7.92. The molecule has 2 aromatic rings. The molecule has 0 atom stereocenters. The van der Waals surface area contributed by atoms with Gasteiger partial charge in [-0.2, -0.15) is 5.10 Å². The molecule has 1 N–H and O–H groups in total. The number of hydrogen-bond donors (Lipinski definition) is 1. The summed E-state index contributed by atoms with van der Waals surface area (Å²) in [6, 6.07) is 11.6. The Balaban J connectivity index is 2.15. The van der Waals surface area contributed by atoms with E-state index in [1.807, 2.05) is 0 Å². The van der Waals surface area contributed by atoms with Gasteiger partial charge in [-0.15, -0.1) is 0 Å². The van der Waals surface area contributed by atoms with Gasteiger partial charge >= 0.3 is 0 Å². The van der Waals surface area contributed by atoms with Crippen molar-refractivity contribution < 1.29 is 27.4 Å². The zero-order valence-corrected chi connectivity index (χ0v) is 18.3. The van der Waals surface area contributed by atoms with Crippen LogP contribution in [0.4, 0.5) is 5.69 Å². The Hall–Kier alpha value is -3.27. The number of carbonyl (C=O) groups excluding carboxylic acids is 1. The molecule has 1 amide bonds. The van der Waals surface area contributed by atoms with Gasteiger partial charge in [0.2, 0.25) is 10.0 Å². The van der Waals surface area contributed by atoms with Crippen molar-refractivity contribution in [2.24, 2.45) is 5.10 Å². The first-order valence-corrected chi connectivity index (χ1v) is 10.7. The summed E-state index contributed by atoms with van der Waals surface area (Å²) in [4.78, 5) is 12.4. The number of rotatable bonds is 9. The first kappa shape index (κ1) is 23.0. The fourth-order valence-electron chi connectivity index (χ4n) is 2.59. The van der Waals surface area contributed by atoms with E-state index in [0.717, 1.165) is 10.6 Å². The second-order valence-corrected chi connectivity index (χ2v) is 8.18. The molecule has 2 rings (SSSR count). The number of nitrogens with zero attached hydrogens (tertiary/aromatic N) is 2. The Bertz CT molecular complexity index is 1020. The molecule has 162 valence electrons. The minimum absolute atomic E-state index is 0.342. The van der Waals surface area contributed by atoms with Gasteiger partial charge in [0.25, 0.3) is 5.91 Å². The Morgan fingerprint density at radius 3 is 2.17 bits per heavy atom. The molecule has 0 spiro atoms. The third kappa shape index (κ3) is 5.86. The van der Waals surface area contributed by atoms with Crippen molar-refractivity contribution in [2.45, 2.75) is 6.92 Å². The van der Waals surface area contributed by atoms with E-state index in [9.17, 15) is 13.2 Å². The van der Waals surface area contributed by atoms with E-state index in [4.69, 9.17) is 14.2 Å². The number of nitrogens with one attached hydrogen (secondary N) is 1. The van der Waals surface area contributed by atoms with E-state index in [2.05, 4.69) is 10.5 Å². The van der Waals surface area contributed by atoms with E-state index in [1.54, 1.807) is 49.4 Å². The SMILES string of the molecule is COc1ccc(N(CC(=O)N/N=C(\C)c2ccc(OC)c(OC)c2)S(C)(=O)=O)cc1. The van der Waals surface area contributed by atoms with Crippen LogP contribution in [-0.2, 0) is 14.8 Å². The molecule has 0 heterocycles. The van der Waals surface area contributed by atoms with Crippen molar-refractivity contribution in [3.05, 3.63) is 48.0 Å². The summed E-state index contributed by atoms with van der Waals surface area (Å²) in [5.41, 5.74) is 3.95. The van der Waals surface area contributed by atoms with E-state index in [-0.39, 0.29) is 0 Å². The molecule has 0 unspecified atom stereocenters. The van der Waals surface area contributed by atoms with E-state index in [0.29, 0.717) is 34.2 Å². The molecular weight excluding hydrogens is 410 g/mol. The first-order chi connectivity index (χ1) is 14.2. The number of ether oxygens (including phenoxy) is 3. The fourth-order valence-corrected chi connectivity index (χ4v) is 3.44. The fraction of sp³-hybridized carbons (Fsp3) is 0.300. The van der Waals surface area contributed by atoms with Crippen molar-refractivity contribution in [1.29, 1.82) is 0 Å². The Kier molecular flexibility index (Phi) is 7.65. The lowest BCUT2D eigenvalue weighted by atomic mass is 10.1. The highest BCUT2D eigenvalue weighted by Gasteiger charge is 2.21. The number of sulfonamides is 1. The molecule has 0 saturated heterocycles. The van der Waals surface area contributed by atoms with Crippen LogP contribution in [0.5, 0.6) is 17.2 Å². The van der Waals surface area contributed by atoms with Gasteiger partial charge in [-0.1, -0.05) is 0 Å². The molecule has 0 bridgehead atoms. The lowest BCUT2D eigenvalue weighted by Crippen LogP contribution is -2.39. The first-order valence-electron chi connectivity index (χ1n) is 8.87. The summed E-state index contributed by atoms with van der Waals surface area (Å²) in [7, 11) is 0.882. The van der Waals surface area contributed by atoms with Crippen molar-refractivity contribution in [1.82, 2.24) is 5.43 Å². The quantitative estimate of drug-likeness (QED) is 0.477. The number of carbonyl (C=O) groups is 1. The molecule has 0 aliphatic rings. The predicted molar refractivity (Wildman–Crippen MR) is 115 cm³/mol. The minimum atomic E-state index is -3.69. The molecule has 2 aromatic carbocycles. The van der Waals surface area contributed by atoms with Gasteiger partial charge in [0.05, 0.1) is 39.0 Å². The highest BCUT2D eigenvalue weighted by atomic mass is 32.2. The molecular formula is C20H25N3O6S. The molecule has 0 fully saturated rings. The van der Waals surface area contributed by atoms with Crippen molar-refractivity contribution in [2.75, 3.05) is 38.4 Å². The van der Waals surface area contributed by atoms with Crippen LogP contribution < -0.4 is 23.9 Å². The van der Waals surface area contributed by atoms with Crippen molar-refractivity contribution >= 4 is 27.3 Å². The van der Waals surface area contributed by atoms with Crippen LogP contribution in [0.25, 0.3) is 0 Å². The largest absolute Gasteiger partial charge is 0.497 e. The number of benzene rings is 2. The molecule has 0 saturated carbocycles. The summed E-state index contributed by atoms with van der Waals surface area (Å²) in [5.74, 6) is 1.09. The minimum Gasteiger partial charge on any atom is -0.497 e. The van der Waals surface area contributed by atoms with Gasteiger partial charge in [0.1, 0.15) is 12.3 Å². The maximum Gasteiger partial charge on any atom is 0.260 e. The average Bonchev–Trinajstić information content (AvgIpc) is 2.74. The summed E-state index contributed by atoms with van der Waals surface area (Å²) in [6.07, 6.45) is 1.03. The molecule has 0 aliphatic heterocycles. The van der Waals surface area contributed by atoms with Crippen LogP contribution in [0, 0.1) is 0 Å². The monoisotopic (exact) mass is 435 g/mol. The second-order valence-electron chi connectivity index (χ2n) is 6.27. The third-order valence-electron chi connectivity index (χ3n) is 4.20. The number of hydrogen-bond acceptors (Lipinski definition) is 7. The molecule has 30 heavy (non-hydrogen) atoms. The lowest BCUT2D eigenvalue weighted by Gasteiger charge is -2.21. The Morgan fingerprint density at radius 2 is 1.63 bits per heavy atom. The zero-order chi connectivity index (χ0) is 22.3. The van der Waals surface area contributed by atoms with Crippen LogP contribution in [-0.4, -0.2) is 54.2 Å². The van der Waals surface area contributed by atoms with E-state index < -0.39 is 22.5 Å². The van der Waals surface area contributed by atoms with Gasteiger partial charge in [-0.25, -0.2) is 13.8 Å². The number of methoxy groups -OCH3 is 3. The van der Waals surface area contributed by atoms with Crippen LogP contribution in [0.15, 0.2) is 47.6 Å². The Labute approximate surface area is 176 Å². The summed E-state index contributed by atoms with van der Waals surface area (Å²) in [5, 5.41) is 4.06. The van der Waals surface area contributed by atoms with Crippen LogP contribution in [0.2, 0.25) is 0 Å². The van der Waals surface area contributed by atoms with Crippen LogP contribution in [0.3, 0.4) is 0 Å². The topological polar surface area (TPSA) is 107 Å². The molecule has 0 aromatic heterocycles. The van der Waals surface area contributed by atoms with Gasteiger partial charge in [-0.05, 0) is 49.4 Å². The highest BCUT2D eigenvalue weighted by Crippen LogP contribution is 2.27. The molecule has 0 aliphatic carbocycles. The number of amides is 1. The standard InChI is InChI=1S/C20H25N3O6S/c1-14(15-6-11-18(28-3)19(12-15)29-4)21-22-20(24)13-23(30(5,25)26)16-7-9-17(27-2)10-8-16/h6-12H,13H2,1-5H3,(H,22,24)/b21-14+. The van der Waals surface area contributed by atoms with Gasteiger partial charge < -0.3 is 14.2 Å². The third-order valence-corrected chi connectivity index (χ3v) is 5.34. The van der Waals surface area contributed by atoms with Crippen LogP contribution >= 0.6 is 0 Å². The van der Waals surface area contributed by atoms with Gasteiger partial charge in [0, 0.05) is 5.56 Å². The number of hydrazone groups is 1. The summed E-state index contributed by atoms with van der Waals surface area (Å²) in [6.45, 7) is 1.28. The maximum absolute atomic E-state index is 12.4. The molecule has 9 nitrogen and oxygen atoms in total. The smallest absolute Gasteiger partial charge is 0.260 e. The van der Waals surface area contributed by atoms with E-state index >= 15 is 0 Å². The molecule has 0 radical (unpaired) electrons. The van der Waals surface area contributed by atoms with Crippen LogP contribution in [0.1, 0.15) is 12.5 Å². The van der Waals surface area contributed by atoms with Gasteiger partial charge in [0.15, 0.2) is 11.5 Å². The van der Waals surface area contributed by atoms with Crippen molar-refractivity contribution in [3.8, 4) is 17.2 Å². The number of anilines is 1. The summed E-state index contributed by atoms with van der Waals surface area (Å²) < 4.78 is 40.8. The van der Waals surface area contributed by atoms with Crippen molar-refractivity contribution in [3.63, 3.8) is 0 Å². The normalized spacial score (nSPS) is 11.6. The second kappa shape index (κ2) is 9.97. The predicted octanol–water partition coefficient (Wildman–Crippen LogP) is 2.02. The van der Waals surface area contributed by atoms with E-state index in [1.165, 1.54) is 21.3 Å². The molecule has 10 heteroatoms. The van der Waals surface area contributed by atoms with Gasteiger partial charge in [-0.3, -0.25) is 9.10 Å². The maximum atomic E-state index is 12.4. The average molecular weight is 436 g/mol.